The third-order valence-corrected chi connectivity index (χ3v) is 7.87. The number of amides is 1. The zero-order chi connectivity index (χ0) is 30.4. The number of phosphoric acid groups is 1. The molecule has 19 heteroatoms. The van der Waals surface area contributed by atoms with Crippen molar-refractivity contribution in [1.29, 1.82) is 0 Å². The molecule has 1 aromatic carbocycles. The summed E-state index contributed by atoms with van der Waals surface area (Å²) in [6.07, 6.45) is -5.39. The Balaban J connectivity index is 1.66. The molecule has 2 aromatic heterocycles. The van der Waals surface area contributed by atoms with Crippen LogP contribution in [-0.4, -0.2) is 53.7 Å². The number of aromatic nitrogens is 2. The number of nitrogens with zero attached hydrogens (tertiary/aromatic N) is 4. The normalized spacial score (nSPS) is 17.1. The van der Waals surface area contributed by atoms with Gasteiger partial charge in [-0.15, -0.1) is 13.2 Å². The lowest BCUT2D eigenvalue weighted by molar-refractivity contribution is -0.274. The van der Waals surface area contributed by atoms with E-state index in [1.807, 2.05) is 0 Å². The number of rotatable bonds is 7. The van der Waals surface area contributed by atoms with E-state index in [1.54, 1.807) is 0 Å². The van der Waals surface area contributed by atoms with Crippen molar-refractivity contribution in [3.8, 4) is 5.75 Å². The zero-order valence-corrected chi connectivity index (χ0v) is 23.8. The summed E-state index contributed by atoms with van der Waals surface area (Å²) in [7, 11) is -2.29. The average molecular weight is 641 g/mol. The lowest BCUT2D eigenvalue weighted by atomic mass is 10.1. The molecule has 3 aromatic rings. The maximum atomic E-state index is 13.0. The Hall–Kier alpha value is -3.08. The van der Waals surface area contributed by atoms with E-state index in [0.717, 1.165) is 27.0 Å². The summed E-state index contributed by atoms with van der Waals surface area (Å²) < 4.78 is 65.3. The van der Waals surface area contributed by atoms with E-state index < -0.39 is 56.3 Å². The van der Waals surface area contributed by atoms with Crippen LogP contribution in [0.15, 0.2) is 37.2 Å². The number of amidine groups is 1. The van der Waals surface area contributed by atoms with Gasteiger partial charge in [0, 0.05) is 25.4 Å². The Morgan fingerprint density at radius 3 is 2.56 bits per heavy atom. The Bertz CT molecular complexity index is 1730. The maximum Gasteiger partial charge on any atom is 0.573 e. The van der Waals surface area contributed by atoms with Gasteiger partial charge in [0.15, 0.2) is 5.17 Å². The summed E-state index contributed by atoms with van der Waals surface area (Å²) in [6, 6.07) is 2.67. The fourth-order valence-electron chi connectivity index (χ4n) is 4.14. The highest BCUT2D eigenvalue weighted by Gasteiger charge is 2.36. The van der Waals surface area contributed by atoms with Crippen LogP contribution in [0.1, 0.15) is 22.9 Å². The van der Waals surface area contributed by atoms with E-state index in [0.29, 0.717) is 5.56 Å². The zero-order valence-electron chi connectivity index (χ0n) is 21.3. The predicted octanol–water partition coefficient (Wildman–Crippen LogP) is 2.97. The monoisotopic (exact) mass is 640 g/mol. The number of hydrogen-bond acceptors (Lipinski definition) is 8. The molecular formula is C22H21ClF3N4O9PS. The van der Waals surface area contributed by atoms with E-state index in [-0.39, 0.29) is 38.4 Å². The van der Waals surface area contributed by atoms with Crippen molar-refractivity contribution in [2.45, 2.75) is 25.7 Å². The van der Waals surface area contributed by atoms with E-state index in [2.05, 4.69) is 14.3 Å². The number of furan rings is 1. The molecule has 0 saturated carbocycles. The number of hydrogen-bond donors (Lipinski definition) is 2. The molecule has 0 aliphatic carbocycles. The highest BCUT2D eigenvalue weighted by Crippen LogP contribution is 2.42. The van der Waals surface area contributed by atoms with Crippen molar-refractivity contribution in [1.82, 2.24) is 14.0 Å². The van der Waals surface area contributed by atoms with Crippen LogP contribution in [0.5, 0.6) is 5.75 Å². The molecule has 1 amide bonds. The van der Waals surface area contributed by atoms with E-state index in [4.69, 9.17) is 16.0 Å². The number of benzene rings is 1. The van der Waals surface area contributed by atoms with E-state index >= 15 is 0 Å². The van der Waals surface area contributed by atoms with E-state index in [9.17, 15) is 41.9 Å². The van der Waals surface area contributed by atoms with E-state index in [1.165, 1.54) is 38.1 Å². The Morgan fingerprint density at radius 1 is 1.27 bits per heavy atom. The molecule has 1 unspecified atom stereocenters. The minimum atomic E-state index is -4.98. The molecule has 13 nitrogen and oxygen atoms in total. The largest absolute Gasteiger partial charge is 0.573 e. The Labute approximate surface area is 237 Å². The molecule has 4 rings (SSSR count). The van der Waals surface area contributed by atoms with Gasteiger partial charge < -0.3 is 23.8 Å². The first kappa shape index (κ1) is 30.9. The second kappa shape index (κ2) is 11.3. The Kier molecular flexibility index (Phi) is 8.51. The summed E-state index contributed by atoms with van der Waals surface area (Å²) in [4.78, 5) is 61.8. The highest BCUT2D eigenvalue weighted by atomic mass is 35.5. The van der Waals surface area contributed by atoms with Crippen molar-refractivity contribution in [2.24, 2.45) is 19.1 Å². The van der Waals surface area contributed by atoms with Crippen molar-refractivity contribution in [3.05, 3.63) is 60.9 Å². The summed E-state index contributed by atoms with van der Waals surface area (Å²) in [5.74, 6) is -1.05. The third kappa shape index (κ3) is 6.71. The fraction of sp³-hybridized carbons (Fsp3) is 0.364. The molecule has 3 heterocycles. The molecule has 41 heavy (non-hydrogen) atoms. The molecule has 0 radical (unpaired) electrons. The standard InChI is InChI=1S/C22H21ClF3N4O9PS/c1-10-12(17-18(32)28(2)21(33)29(3)19(17)38-10)7-16(31)27-20-30(9-37-40(34,35)36)14(8-41-20)11-4-5-15(13(23)6-11)39-22(24,25)26/h4-6,14H,7-9H2,1-3H3,(H2,34,35,36). The van der Waals surface area contributed by atoms with Gasteiger partial charge in [-0.05, 0) is 24.6 Å². The fourth-order valence-corrected chi connectivity index (χ4v) is 5.84. The number of fused-ring (bicyclic) bond motifs is 1. The smallest absolute Gasteiger partial charge is 0.444 e. The van der Waals surface area contributed by atoms with Crippen LogP contribution < -0.4 is 16.0 Å². The SMILES string of the molecule is Cc1oc2c(c1CC(=O)N=C1SCC(c3ccc(OC(F)(F)F)c(Cl)c3)N1COP(=O)(O)O)c(=O)n(C)c(=O)n2C. The minimum absolute atomic E-state index is 0.00838. The first-order valence-corrected chi connectivity index (χ1v) is 14.3. The summed E-state index contributed by atoms with van der Waals surface area (Å²) in [5.41, 5.74) is -0.785. The van der Waals surface area contributed by atoms with Crippen molar-refractivity contribution < 1.29 is 46.0 Å². The van der Waals surface area contributed by atoms with Gasteiger partial charge in [-0.3, -0.25) is 23.2 Å². The van der Waals surface area contributed by atoms with Crippen LogP contribution in [0.25, 0.3) is 11.1 Å². The summed E-state index contributed by atoms with van der Waals surface area (Å²) in [6.45, 7) is 0.777. The van der Waals surface area contributed by atoms with Gasteiger partial charge in [0.25, 0.3) is 11.5 Å². The van der Waals surface area contributed by atoms with Crippen molar-refractivity contribution in [2.75, 3.05) is 12.5 Å². The molecule has 0 bridgehead atoms. The number of ether oxygens (including phenoxy) is 1. The van der Waals surface area contributed by atoms with Gasteiger partial charge in [-0.25, -0.2) is 9.36 Å². The number of aryl methyl sites for hydroxylation is 2. The molecule has 0 spiro atoms. The first-order chi connectivity index (χ1) is 19.0. The molecule has 2 N–H and O–H groups in total. The van der Waals surface area contributed by atoms with Gasteiger partial charge in [0.1, 0.15) is 23.6 Å². The van der Waals surface area contributed by atoms with Crippen LogP contribution in [0.3, 0.4) is 0 Å². The van der Waals surface area contributed by atoms with Gasteiger partial charge >= 0.3 is 19.9 Å². The average Bonchev–Trinajstić information content (AvgIpc) is 3.40. The van der Waals surface area contributed by atoms with Crippen LogP contribution in [-0.2, 0) is 34.4 Å². The van der Waals surface area contributed by atoms with Crippen LogP contribution in [0, 0.1) is 6.92 Å². The quantitative estimate of drug-likeness (QED) is 0.365. The number of thioether (sulfide) groups is 1. The van der Waals surface area contributed by atoms with Gasteiger partial charge in [0.05, 0.1) is 17.5 Å². The molecule has 1 atom stereocenters. The molecule has 1 aliphatic rings. The van der Waals surface area contributed by atoms with Gasteiger partial charge in [-0.1, -0.05) is 29.4 Å². The van der Waals surface area contributed by atoms with Crippen LogP contribution in [0.2, 0.25) is 5.02 Å². The topological polar surface area (TPSA) is 166 Å². The van der Waals surface area contributed by atoms with Crippen LogP contribution >= 0.6 is 31.2 Å². The number of carbonyl (C=O) groups excluding carboxylic acids is 1. The lowest BCUT2D eigenvalue weighted by Crippen LogP contribution is -2.36. The third-order valence-electron chi connectivity index (χ3n) is 6.06. The second-order valence-electron chi connectivity index (χ2n) is 8.77. The van der Waals surface area contributed by atoms with Crippen molar-refractivity contribution >= 4 is 53.4 Å². The number of halogens is 4. The van der Waals surface area contributed by atoms with Crippen molar-refractivity contribution in [3.63, 3.8) is 0 Å². The molecule has 222 valence electrons. The molecular weight excluding hydrogens is 620 g/mol. The number of phosphoric ester groups is 1. The molecule has 1 aliphatic heterocycles. The minimum Gasteiger partial charge on any atom is -0.444 e. The number of alkyl halides is 3. The lowest BCUT2D eigenvalue weighted by Gasteiger charge is -2.26. The molecule has 1 fully saturated rings. The summed E-state index contributed by atoms with van der Waals surface area (Å²) in [5, 5.41) is -0.360. The predicted molar refractivity (Wildman–Crippen MR) is 141 cm³/mol. The first-order valence-electron chi connectivity index (χ1n) is 11.4. The highest BCUT2D eigenvalue weighted by molar-refractivity contribution is 8.14. The number of carbonyl (C=O) groups is 1. The van der Waals surface area contributed by atoms with Crippen LogP contribution in [0.4, 0.5) is 13.2 Å². The number of aliphatic imine (C=N–C) groups is 1. The maximum absolute atomic E-state index is 13.0. The Morgan fingerprint density at radius 2 is 1.95 bits per heavy atom. The van der Waals surface area contributed by atoms with Gasteiger partial charge in [0.2, 0.25) is 5.71 Å². The second-order valence-corrected chi connectivity index (χ2v) is 11.4. The molecule has 1 saturated heterocycles. The summed E-state index contributed by atoms with van der Waals surface area (Å²) >= 11 is 6.99. The van der Waals surface area contributed by atoms with Gasteiger partial charge in [-0.2, -0.15) is 4.99 Å².